The van der Waals surface area contributed by atoms with E-state index in [1.54, 1.807) is 0 Å². The van der Waals surface area contributed by atoms with Gasteiger partial charge in [-0.1, -0.05) is 95.0 Å². The Labute approximate surface area is 177 Å². The van der Waals surface area contributed by atoms with Crippen molar-refractivity contribution in [2.24, 2.45) is 0 Å². The first-order chi connectivity index (χ1) is 13.9. The minimum absolute atomic E-state index is 0.683. The molecule has 4 rings (SSSR count). The first-order valence-electron chi connectivity index (χ1n) is 9.89. The average molecular weight is 401 g/mol. The molecule has 3 heteroatoms. The number of nitrogens with zero attached hydrogens (tertiary/aromatic N) is 2. The van der Waals surface area contributed by atoms with E-state index >= 15 is 0 Å². The summed E-state index contributed by atoms with van der Waals surface area (Å²) >= 11 is 6.93. The number of rotatable bonds is 4. The van der Waals surface area contributed by atoms with Gasteiger partial charge in [0.2, 0.25) is 0 Å². The quantitative estimate of drug-likeness (QED) is 0.355. The van der Waals surface area contributed by atoms with Crippen molar-refractivity contribution in [1.29, 1.82) is 0 Å². The second-order valence-electron chi connectivity index (χ2n) is 7.83. The average Bonchev–Trinajstić information content (AvgIpc) is 3.02. The van der Waals surface area contributed by atoms with Crippen LogP contribution in [0.2, 0.25) is 5.02 Å². The molecule has 0 aliphatic heterocycles. The van der Waals surface area contributed by atoms with E-state index < -0.39 is 0 Å². The Bertz CT molecular complexity index is 1150. The molecule has 4 aromatic rings. The Balaban J connectivity index is 1.88. The van der Waals surface area contributed by atoms with Crippen molar-refractivity contribution in [2.45, 2.75) is 34.2 Å². The van der Waals surface area contributed by atoms with Crippen LogP contribution in [0.25, 0.3) is 22.5 Å². The second kappa shape index (κ2) is 7.88. The Morgan fingerprint density at radius 2 is 1.28 bits per heavy atom. The highest BCUT2D eigenvalue weighted by molar-refractivity contribution is 6.35. The van der Waals surface area contributed by atoms with Crippen LogP contribution in [-0.4, -0.2) is 9.78 Å². The zero-order valence-corrected chi connectivity index (χ0v) is 18.1. The van der Waals surface area contributed by atoms with Crippen LogP contribution in [0.5, 0.6) is 0 Å². The maximum absolute atomic E-state index is 6.93. The van der Waals surface area contributed by atoms with Crippen LogP contribution in [0.3, 0.4) is 0 Å². The molecule has 0 N–H and O–H groups in total. The van der Waals surface area contributed by atoms with Gasteiger partial charge in [0.15, 0.2) is 0 Å². The van der Waals surface area contributed by atoms with Gasteiger partial charge in [0.25, 0.3) is 0 Å². The molecule has 29 heavy (non-hydrogen) atoms. The van der Waals surface area contributed by atoms with Gasteiger partial charge in [0.05, 0.1) is 17.3 Å². The molecule has 0 radical (unpaired) electrons. The number of aromatic nitrogens is 2. The van der Waals surface area contributed by atoms with Gasteiger partial charge in [-0.05, 0) is 38.8 Å². The van der Waals surface area contributed by atoms with Crippen LogP contribution in [0.4, 0.5) is 0 Å². The van der Waals surface area contributed by atoms with E-state index in [2.05, 4.69) is 94.4 Å². The molecule has 0 saturated heterocycles. The van der Waals surface area contributed by atoms with E-state index in [9.17, 15) is 0 Å². The summed E-state index contributed by atoms with van der Waals surface area (Å²) in [5.74, 6) is 0. The Morgan fingerprint density at radius 3 is 1.90 bits per heavy atom. The lowest BCUT2D eigenvalue weighted by atomic mass is 10.0. The van der Waals surface area contributed by atoms with E-state index in [-0.39, 0.29) is 0 Å². The van der Waals surface area contributed by atoms with Crippen LogP contribution in [0.1, 0.15) is 27.8 Å². The molecule has 0 aliphatic rings. The monoisotopic (exact) mass is 400 g/mol. The van der Waals surface area contributed by atoms with Gasteiger partial charge in [0.1, 0.15) is 5.69 Å². The van der Waals surface area contributed by atoms with Gasteiger partial charge < -0.3 is 0 Å². The van der Waals surface area contributed by atoms with Gasteiger partial charge in [-0.2, -0.15) is 5.10 Å². The fourth-order valence-corrected chi connectivity index (χ4v) is 3.92. The van der Waals surface area contributed by atoms with Gasteiger partial charge in [-0.15, -0.1) is 0 Å². The molecule has 0 spiro atoms. The Morgan fingerprint density at radius 1 is 0.724 bits per heavy atom. The molecule has 0 amide bonds. The molecular weight excluding hydrogens is 376 g/mol. The van der Waals surface area contributed by atoms with Crippen molar-refractivity contribution in [3.63, 3.8) is 0 Å². The number of hydrogen-bond acceptors (Lipinski definition) is 1. The number of halogens is 1. The SMILES string of the molecule is Cc1ccc(-c2nn(Cc3cc(C)ccc3C)c(-c3ccc(C)cc3)c2Cl)cc1. The zero-order chi connectivity index (χ0) is 20.5. The minimum Gasteiger partial charge on any atom is -0.258 e. The van der Waals surface area contributed by atoms with E-state index in [0.717, 1.165) is 22.5 Å². The van der Waals surface area contributed by atoms with Crippen molar-refractivity contribution in [3.05, 3.63) is 99.6 Å². The van der Waals surface area contributed by atoms with Gasteiger partial charge in [-0.25, -0.2) is 0 Å². The summed E-state index contributed by atoms with van der Waals surface area (Å²) in [5, 5.41) is 5.66. The third-order valence-corrected chi connectivity index (χ3v) is 5.73. The predicted octanol–water partition coefficient (Wildman–Crippen LogP) is 7.15. The molecule has 0 bridgehead atoms. The molecule has 0 atom stereocenters. The van der Waals surface area contributed by atoms with Gasteiger partial charge in [0, 0.05) is 11.1 Å². The molecule has 0 saturated carbocycles. The second-order valence-corrected chi connectivity index (χ2v) is 8.21. The van der Waals surface area contributed by atoms with Crippen LogP contribution >= 0.6 is 11.6 Å². The molecule has 3 aromatic carbocycles. The lowest BCUT2D eigenvalue weighted by Gasteiger charge is -2.11. The van der Waals surface area contributed by atoms with Crippen LogP contribution in [0.15, 0.2) is 66.7 Å². The normalized spacial score (nSPS) is 11.1. The standard InChI is InChI=1S/C26H25ClN2/c1-17-6-11-21(12-7-17)25-24(27)26(22-13-8-18(2)9-14-22)29(28-25)16-23-15-19(3)5-10-20(23)4/h5-15H,16H2,1-4H3. The molecule has 1 aromatic heterocycles. The lowest BCUT2D eigenvalue weighted by molar-refractivity contribution is 0.693. The van der Waals surface area contributed by atoms with E-state index in [1.165, 1.54) is 27.8 Å². The van der Waals surface area contributed by atoms with Crippen molar-refractivity contribution in [3.8, 4) is 22.5 Å². The highest BCUT2D eigenvalue weighted by Gasteiger charge is 2.20. The number of hydrogen-bond donors (Lipinski definition) is 0. The summed E-state index contributed by atoms with van der Waals surface area (Å²) in [6.07, 6.45) is 0. The summed E-state index contributed by atoms with van der Waals surface area (Å²) in [6.45, 7) is 9.13. The zero-order valence-electron chi connectivity index (χ0n) is 17.3. The highest BCUT2D eigenvalue weighted by Crippen LogP contribution is 2.37. The molecular formula is C26H25ClN2. The third kappa shape index (κ3) is 3.99. The van der Waals surface area contributed by atoms with Gasteiger partial charge in [-0.3, -0.25) is 4.68 Å². The van der Waals surface area contributed by atoms with E-state index in [0.29, 0.717) is 11.6 Å². The van der Waals surface area contributed by atoms with Crippen LogP contribution in [-0.2, 0) is 6.54 Å². The summed E-state index contributed by atoms with van der Waals surface area (Å²) in [6, 6.07) is 23.4. The first-order valence-corrected chi connectivity index (χ1v) is 10.3. The maximum Gasteiger partial charge on any atom is 0.112 e. The Hall–Kier alpha value is -2.84. The molecule has 0 fully saturated rings. The maximum atomic E-state index is 6.93. The fraction of sp³-hybridized carbons (Fsp3) is 0.192. The smallest absolute Gasteiger partial charge is 0.112 e. The van der Waals surface area contributed by atoms with Crippen LogP contribution < -0.4 is 0 Å². The largest absolute Gasteiger partial charge is 0.258 e. The minimum atomic E-state index is 0.683. The third-order valence-electron chi connectivity index (χ3n) is 5.37. The van der Waals surface area contributed by atoms with Crippen molar-refractivity contribution in [1.82, 2.24) is 9.78 Å². The molecule has 2 nitrogen and oxygen atoms in total. The summed E-state index contributed by atoms with van der Waals surface area (Å²) in [7, 11) is 0. The first kappa shape index (κ1) is 19.5. The Kier molecular flexibility index (Phi) is 5.29. The fourth-order valence-electron chi connectivity index (χ4n) is 3.57. The molecule has 146 valence electrons. The molecule has 0 aliphatic carbocycles. The van der Waals surface area contributed by atoms with Gasteiger partial charge >= 0.3 is 0 Å². The van der Waals surface area contributed by atoms with E-state index in [4.69, 9.17) is 16.7 Å². The van der Waals surface area contributed by atoms with E-state index in [1.807, 2.05) is 4.68 Å². The summed E-state index contributed by atoms with van der Waals surface area (Å²) < 4.78 is 2.05. The molecule has 0 unspecified atom stereocenters. The summed E-state index contributed by atoms with van der Waals surface area (Å²) in [5.41, 5.74) is 10.1. The van der Waals surface area contributed by atoms with Crippen LogP contribution in [0, 0.1) is 27.7 Å². The number of benzene rings is 3. The van der Waals surface area contributed by atoms with Crippen molar-refractivity contribution in [2.75, 3.05) is 0 Å². The van der Waals surface area contributed by atoms with Crippen molar-refractivity contribution < 1.29 is 0 Å². The lowest BCUT2D eigenvalue weighted by Crippen LogP contribution is -2.06. The van der Waals surface area contributed by atoms with Crippen molar-refractivity contribution >= 4 is 11.6 Å². The number of aryl methyl sites for hydroxylation is 4. The highest BCUT2D eigenvalue weighted by atomic mass is 35.5. The molecule has 1 heterocycles. The summed E-state index contributed by atoms with van der Waals surface area (Å²) in [4.78, 5) is 0. The predicted molar refractivity (Wildman–Crippen MR) is 123 cm³/mol. The topological polar surface area (TPSA) is 17.8 Å².